The van der Waals surface area contributed by atoms with Gasteiger partial charge in [0.1, 0.15) is 5.75 Å². The number of rotatable bonds is 6. The first-order valence-electron chi connectivity index (χ1n) is 8.94. The van der Waals surface area contributed by atoms with E-state index in [1.165, 1.54) is 0 Å². The molecule has 26 heavy (non-hydrogen) atoms. The van der Waals surface area contributed by atoms with Crippen molar-refractivity contribution in [2.24, 2.45) is 0 Å². The van der Waals surface area contributed by atoms with Crippen LogP contribution in [0.5, 0.6) is 5.75 Å². The Hall–Kier alpha value is -2.32. The molecule has 0 aliphatic carbocycles. The molecular weight excluding hydrogens is 336 g/mol. The highest BCUT2D eigenvalue weighted by Crippen LogP contribution is 2.25. The summed E-state index contributed by atoms with van der Waals surface area (Å²) in [6.07, 6.45) is 0.300. The Morgan fingerprint density at radius 2 is 2.15 bits per heavy atom. The molecule has 0 radical (unpaired) electrons. The molecule has 2 saturated heterocycles. The minimum Gasteiger partial charge on any atom is -0.497 e. The van der Waals surface area contributed by atoms with Gasteiger partial charge in [-0.1, -0.05) is 6.07 Å². The first kappa shape index (κ1) is 18.5. The van der Waals surface area contributed by atoms with Crippen molar-refractivity contribution in [1.82, 2.24) is 15.5 Å². The van der Waals surface area contributed by atoms with Crippen LogP contribution >= 0.6 is 0 Å². The highest BCUT2D eigenvalue weighted by Gasteiger charge is 2.31. The second-order valence-electron chi connectivity index (χ2n) is 6.46. The fraction of sp³-hybridized carbons (Fsp3) is 0.556. The van der Waals surface area contributed by atoms with Gasteiger partial charge in [0.05, 0.1) is 26.4 Å². The van der Waals surface area contributed by atoms with Crippen molar-refractivity contribution in [3.8, 4) is 5.75 Å². The molecule has 8 heteroatoms. The molecule has 1 aromatic rings. The van der Waals surface area contributed by atoms with Gasteiger partial charge < -0.3 is 25.0 Å². The lowest BCUT2D eigenvalue weighted by molar-refractivity contribution is -0.117. The molecule has 2 aliphatic rings. The van der Waals surface area contributed by atoms with E-state index in [4.69, 9.17) is 9.47 Å². The Bertz CT molecular complexity index is 633. The van der Waals surface area contributed by atoms with Crippen molar-refractivity contribution in [2.75, 3.05) is 57.9 Å². The highest BCUT2D eigenvalue weighted by atomic mass is 16.5. The van der Waals surface area contributed by atoms with Crippen LogP contribution in [-0.4, -0.2) is 75.9 Å². The van der Waals surface area contributed by atoms with Gasteiger partial charge in [-0.25, -0.2) is 4.79 Å². The highest BCUT2D eigenvalue weighted by molar-refractivity contribution is 5.97. The Labute approximate surface area is 153 Å². The summed E-state index contributed by atoms with van der Waals surface area (Å²) < 4.78 is 10.5. The third-order valence-electron chi connectivity index (χ3n) is 4.64. The van der Waals surface area contributed by atoms with Crippen LogP contribution in [0.15, 0.2) is 24.3 Å². The molecule has 0 aromatic heterocycles. The van der Waals surface area contributed by atoms with Crippen molar-refractivity contribution in [3.05, 3.63) is 24.3 Å². The number of hydrogen-bond donors (Lipinski definition) is 2. The Morgan fingerprint density at radius 1 is 1.35 bits per heavy atom. The van der Waals surface area contributed by atoms with E-state index < -0.39 is 0 Å². The third-order valence-corrected chi connectivity index (χ3v) is 4.64. The van der Waals surface area contributed by atoms with Crippen molar-refractivity contribution in [3.63, 3.8) is 0 Å². The van der Waals surface area contributed by atoms with E-state index in [-0.39, 0.29) is 18.0 Å². The van der Waals surface area contributed by atoms with Gasteiger partial charge in [0.15, 0.2) is 0 Å². The largest absolute Gasteiger partial charge is 0.497 e. The number of nitrogens with one attached hydrogen (secondary N) is 2. The molecule has 0 spiro atoms. The van der Waals surface area contributed by atoms with Crippen molar-refractivity contribution in [1.29, 1.82) is 0 Å². The van der Waals surface area contributed by atoms with Crippen LogP contribution in [-0.2, 0) is 9.53 Å². The molecule has 8 nitrogen and oxygen atoms in total. The van der Waals surface area contributed by atoms with E-state index >= 15 is 0 Å². The summed E-state index contributed by atoms with van der Waals surface area (Å²) in [6.45, 7) is 5.13. The Morgan fingerprint density at radius 3 is 2.92 bits per heavy atom. The summed E-state index contributed by atoms with van der Waals surface area (Å²) in [5.41, 5.74) is 0.784. The number of urea groups is 1. The Kier molecular flexibility index (Phi) is 6.30. The van der Waals surface area contributed by atoms with Gasteiger partial charge in [-0.2, -0.15) is 0 Å². The summed E-state index contributed by atoms with van der Waals surface area (Å²) in [6, 6.07) is 6.94. The van der Waals surface area contributed by atoms with Crippen LogP contribution < -0.4 is 20.3 Å². The Balaban J connectivity index is 1.43. The van der Waals surface area contributed by atoms with Crippen LogP contribution in [0.2, 0.25) is 0 Å². The number of amides is 3. The van der Waals surface area contributed by atoms with E-state index in [1.54, 1.807) is 12.0 Å². The molecule has 0 saturated carbocycles. The van der Waals surface area contributed by atoms with Gasteiger partial charge in [-0.05, 0) is 12.1 Å². The molecule has 3 amide bonds. The monoisotopic (exact) mass is 362 g/mol. The molecule has 2 fully saturated rings. The maximum Gasteiger partial charge on any atom is 0.315 e. The van der Waals surface area contributed by atoms with Crippen LogP contribution in [0.3, 0.4) is 0 Å². The first-order valence-corrected chi connectivity index (χ1v) is 8.94. The molecule has 2 heterocycles. The van der Waals surface area contributed by atoms with Crippen molar-refractivity contribution < 1.29 is 19.1 Å². The topological polar surface area (TPSA) is 83.1 Å². The predicted octanol–water partition coefficient (Wildman–Crippen LogP) is 0.432. The standard InChI is InChI=1S/C18H26N4O4/c1-25-16-4-2-3-15(12-16)22-13-14(11-17(22)23)20-18(24)19-5-6-21-7-9-26-10-8-21/h2-4,12,14H,5-11,13H2,1H3,(H2,19,20,24)/t14-/m1/s1. The molecule has 0 unspecified atom stereocenters. The fourth-order valence-electron chi connectivity index (χ4n) is 3.22. The lowest BCUT2D eigenvalue weighted by Crippen LogP contribution is -2.46. The fourth-order valence-corrected chi connectivity index (χ4v) is 3.22. The SMILES string of the molecule is COc1cccc(N2C[C@H](NC(=O)NCCN3CCOCC3)CC2=O)c1. The zero-order chi connectivity index (χ0) is 18.4. The molecule has 1 aromatic carbocycles. The number of ether oxygens (including phenoxy) is 2. The number of hydrogen-bond acceptors (Lipinski definition) is 5. The number of methoxy groups -OCH3 is 1. The van der Waals surface area contributed by atoms with E-state index in [0.717, 1.165) is 38.5 Å². The van der Waals surface area contributed by atoms with E-state index in [2.05, 4.69) is 15.5 Å². The average Bonchev–Trinajstić information content (AvgIpc) is 3.02. The first-order chi connectivity index (χ1) is 12.7. The third kappa shape index (κ3) is 4.86. The van der Waals surface area contributed by atoms with Crippen LogP contribution in [0.25, 0.3) is 0 Å². The van der Waals surface area contributed by atoms with Crippen LogP contribution in [0.4, 0.5) is 10.5 Å². The zero-order valence-electron chi connectivity index (χ0n) is 15.1. The van der Waals surface area contributed by atoms with Crippen LogP contribution in [0.1, 0.15) is 6.42 Å². The molecular formula is C18H26N4O4. The van der Waals surface area contributed by atoms with Crippen molar-refractivity contribution >= 4 is 17.6 Å². The number of morpholine rings is 1. The number of carbonyl (C=O) groups is 2. The summed E-state index contributed by atoms with van der Waals surface area (Å²) in [4.78, 5) is 28.3. The second-order valence-corrected chi connectivity index (χ2v) is 6.46. The van der Waals surface area contributed by atoms with Gasteiger partial charge in [0, 0.05) is 50.9 Å². The molecule has 3 rings (SSSR count). The lowest BCUT2D eigenvalue weighted by Gasteiger charge is -2.26. The minimum absolute atomic E-state index is 0.00290. The van der Waals surface area contributed by atoms with E-state index in [9.17, 15) is 9.59 Å². The van der Waals surface area contributed by atoms with Gasteiger partial charge in [0.25, 0.3) is 0 Å². The van der Waals surface area contributed by atoms with E-state index in [1.807, 2.05) is 24.3 Å². The number of carbonyl (C=O) groups excluding carboxylic acids is 2. The zero-order valence-corrected chi connectivity index (χ0v) is 15.1. The normalized spacial score (nSPS) is 20.9. The lowest BCUT2D eigenvalue weighted by atomic mass is 10.2. The molecule has 1 atom stereocenters. The summed E-state index contributed by atoms with van der Waals surface area (Å²) in [5.74, 6) is 0.699. The van der Waals surface area contributed by atoms with Gasteiger partial charge in [0.2, 0.25) is 5.91 Å². The van der Waals surface area contributed by atoms with E-state index in [0.29, 0.717) is 25.3 Å². The maximum absolute atomic E-state index is 12.3. The average molecular weight is 362 g/mol. The maximum atomic E-state index is 12.3. The molecule has 2 aliphatic heterocycles. The summed E-state index contributed by atoms with van der Waals surface area (Å²) >= 11 is 0. The molecule has 0 bridgehead atoms. The molecule has 2 N–H and O–H groups in total. The smallest absolute Gasteiger partial charge is 0.315 e. The number of anilines is 1. The minimum atomic E-state index is -0.233. The van der Waals surface area contributed by atoms with Crippen LogP contribution in [0, 0.1) is 0 Å². The van der Waals surface area contributed by atoms with Gasteiger partial charge in [-0.3, -0.25) is 9.69 Å². The number of benzene rings is 1. The quantitative estimate of drug-likeness (QED) is 0.767. The number of nitrogens with zero attached hydrogens (tertiary/aromatic N) is 2. The summed E-state index contributed by atoms with van der Waals surface area (Å²) in [7, 11) is 1.59. The van der Waals surface area contributed by atoms with Crippen molar-refractivity contribution in [2.45, 2.75) is 12.5 Å². The molecule has 142 valence electrons. The second kappa shape index (κ2) is 8.86. The van der Waals surface area contributed by atoms with Gasteiger partial charge in [-0.15, -0.1) is 0 Å². The predicted molar refractivity (Wildman–Crippen MR) is 97.5 cm³/mol. The van der Waals surface area contributed by atoms with Gasteiger partial charge >= 0.3 is 6.03 Å². The summed E-state index contributed by atoms with van der Waals surface area (Å²) in [5, 5.41) is 5.75.